The number of nitrogens with two attached hydrogens (primary N) is 1. The molecule has 106 valence electrons. The van der Waals surface area contributed by atoms with E-state index in [1.54, 1.807) is 12.0 Å². The van der Waals surface area contributed by atoms with Crippen LogP contribution in [0.5, 0.6) is 11.5 Å². The number of para-hydroxylation sites is 2. The van der Waals surface area contributed by atoms with Gasteiger partial charge >= 0.3 is 0 Å². The normalized spacial score (nSPS) is 12.9. The molecule has 19 heavy (non-hydrogen) atoms. The molecule has 0 fully saturated rings. The minimum atomic E-state index is 0.281. The lowest BCUT2D eigenvalue weighted by molar-refractivity contribution is 0.251. The second-order valence-corrected chi connectivity index (χ2v) is 4.66. The Bertz CT molecular complexity index is 419. The smallest absolute Gasteiger partial charge is 0.190 e. The molecule has 1 aromatic carbocycles. The van der Waals surface area contributed by atoms with E-state index in [0.29, 0.717) is 19.1 Å². The molecule has 0 aliphatic rings. The molecule has 1 rings (SSSR count). The first kappa shape index (κ1) is 15.1. The summed E-state index contributed by atoms with van der Waals surface area (Å²) < 4.78 is 11.0. The molecule has 0 amide bonds. The van der Waals surface area contributed by atoms with E-state index in [1.165, 1.54) is 0 Å². The van der Waals surface area contributed by atoms with Gasteiger partial charge in [-0.1, -0.05) is 19.1 Å². The van der Waals surface area contributed by atoms with Crippen LogP contribution in [0.3, 0.4) is 0 Å². The molecule has 1 atom stereocenters. The van der Waals surface area contributed by atoms with Crippen LogP contribution in [0.1, 0.15) is 6.92 Å². The second-order valence-electron chi connectivity index (χ2n) is 4.66. The summed E-state index contributed by atoms with van der Waals surface area (Å²) in [6.07, 6.45) is 0. The summed E-state index contributed by atoms with van der Waals surface area (Å²) in [5.74, 6) is 2.31. The minimum Gasteiger partial charge on any atom is -0.493 e. The largest absolute Gasteiger partial charge is 0.493 e. The summed E-state index contributed by atoms with van der Waals surface area (Å²) in [5.41, 5.74) is 5.73. The van der Waals surface area contributed by atoms with E-state index in [9.17, 15) is 0 Å². The molecule has 1 unspecified atom stereocenters. The molecule has 0 aliphatic heterocycles. The maximum Gasteiger partial charge on any atom is 0.190 e. The van der Waals surface area contributed by atoms with Gasteiger partial charge < -0.3 is 20.1 Å². The van der Waals surface area contributed by atoms with Crippen molar-refractivity contribution in [2.45, 2.75) is 6.92 Å². The van der Waals surface area contributed by atoms with Crippen molar-refractivity contribution in [3.8, 4) is 11.5 Å². The van der Waals surface area contributed by atoms with Crippen molar-refractivity contribution in [2.24, 2.45) is 16.6 Å². The van der Waals surface area contributed by atoms with Gasteiger partial charge in [0, 0.05) is 26.6 Å². The van der Waals surface area contributed by atoms with E-state index in [1.807, 2.05) is 38.4 Å². The molecule has 0 saturated carbocycles. The number of rotatable bonds is 6. The summed E-state index contributed by atoms with van der Waals surface area (Å²) >= 11 is 0. The van der Waals surface area contributed by atoms with Gasteiger partial charge in [0.15, 0.2) is 17.5 Å². The lowest BCUT2D eigenvalue weighted by Crippen LogP contribution is -2.31. The van der Waals surface area contributed by atoms with Crippen LogP contribution in [-0.4, -0.2) is 45.2 Å². The minimum absolute atomic E-state index is 0.281. The lowest BCUT2D eigenvalue weighted by atomic mass is 10.2. The van der Waals surface area contributed by atoms with Crippen LogP contribution in [0, 0.1) is 5.92 Å². The lowest BCUT2D eigenvalue weighted by Gasteiger charge is -2.15. The Morgan fingerprint density at radius 2 is 1.95 bits per heavy atom. The molecular weight excluding hydrogens is 242 g/mol. The Kier molecular flexibility index (Phi) is 5.99. The fourth-order valence-electron chi connectivity index (χ4n) is 1.41. The first-order chi connectivity index (χ1) is 9.04. The fraction of sp³-hybridized carbons (Fsp3) is 0.500. The molecule has 0 radical (unpaired) electrons. The van der Waals surface area contributed by atoms with Gasteiger partial charge in [-0.3, -0.25) is 4.99 Å². The number of nitrogens with zero attached hydrogens (tertiary/aromatic N) is 2. The number of methoxy groups -OCH3 is 1. The molecule has 0 aliphatic carbocycles. The summed E-state index contributed by atoms with van der Waals surface area (Å²) in [5, 5.41) is 0. The molecule has 5 nitrogen and oxygen atoms in total. The van der Waals surface area contributed by atoms with E-state index >= 15 is 0 Å². The Morgan fingerprint density at radius 1 is 1.32 bits per heavy atom. The van der Waals surface area contributed by atoms with Gasteiger partial charge in [0.05, 0.1) is 13.7 Å². The average Bonchev–Trinajstić information content (AvgIpc) is 2.42. The number of ether oxygens (including phenoxy) is 2. The summed E-state index contributed by atoms with van der Waals surface area (Å²) in [7, 11) is 5.37. The number of benzene rings is 1. The van der Waals surface area contributed by atoms with E-state index in [2.05, 4.69) is 11.9 Å². The highest BCUT2D eigenvalue weighted by molar-refractivity contribution is 5.77. The van der Waals surface area contributed by atoms with E-state index in [0.717, 1.165) is 11.5 Å². The van der Waals surface area contributed by atoms with Gasteiger partial charge in [0.2, 0.25) is 0 Å². The maximum atomic E-state index is 5.73. The summed E-state index contributed by atoms with van der Waals surface area (Å²) in [6, 6.07) is 7.60. The van der Waals surface area contributed by atoms with Gasteiger partial charge in [-0.15, -0.1) is 0 Å². The van der Waals surface area contributed by atoms with Crippen molar-refractivity contribution in [3.63, 3.8) is 0 Å². The zero-order valence-electron chi connectivity index (χ0n) is 12.1. The SMILES string of the molecule is COc1ccccc1OCC(C)CN=C(N)N(C)C. The molecule has 1 aromatic rings. The van der Waals surface area contributed by atoms with Crippen LogP contribution in [0.2, 0.25) is 0 Å². The first-order valence-electron chi connectivity index (χ1n) is 6.27. The predicted octanol–water partition coefficient (Wildman–Crippen LogP) is 1.59. The zero-order valence-corrected chi connectivity index (χ0v) is 12.1. The fourth-order valence-corrected chi connectivity index (χ4v) is 1.41. The molecule has 0 bridgehead atoms. The van der Waals surface area contributed by atoms with Crippen LogP contribution in [0.15, 0.2) is 29.3 Å². The second kappa shape index (κ2) is 7.51. The Balaban J connectivity index is 2.46. The van der Waals surface area contributed by atoms with Gasteiger partial charge in [-0.2, -0.15) is 0 Å². The molecule has 0 spiro atoms. The van der Waals surface area contributed by atoms with Crippen molar-refractivity contribution in [3.05, 3.63) is 24.3 Å². The first-order valence-corrected chi connectivity index (χ1v) is 6.27. The number of guanidine groups is 1. The van der Waals surface area contributed by atoms with Gasteiger partial charge in [0.1, 0.15) is 0 Å². The molecule has 5 heteroatoms. The van der Waals surface area contributed by atoms with E-state index in [4.69, 9.17) is 15.2 Å². The topological polar surface area (TPSA) is 60.1 Å². The summed E-state index contributed by atoms with van der Waals surface area (Å²) in [4.78, 5) is 6.07. The third-order valence-corrected chi connectivity index (χ3v) is 2.62. The monoisotopic (exact) mass is 265 g/mol. The highest BCUT2D eigenvalue weighted by atomic mass is 16.5. The summed E-state index contributed by atoms with van der Waals surface area (Å²) in [6.45, 7) is 3.28. The Hall–Kier alpha value is -1.91. The Morgan fingerprint density at radius 3 is 2.53 bits per heavy atom. The highest BCUT2D eigenvalue weighted by Crippen LogP contribution is 2.26. The number of hydrogen-bond donors (Lipinski definition) is 1. The van der Waals surface area contributed by atoms with Crippen LogP contribution < -0.4 is 15.2 Å². The van der Waals surface area contributed by atoms with Crippen LogP contribution >= 0.6 is 0 Å². The molecule has 0 aromatic heterocycles. The van der Waals surface area contributed by atoms with E-state index in [-0.39, 0.29) is 5.92 Å². The third-order valence-electron chi connectivity index (χ3n) is 2.62. The number of hydrogen-bond acceptors (Lipinski definition) is 3. The maximum absolute atomic E-state index is 5.73. The molecule has 0 heterocycles. The van der Waals surface area contributed by atoms with Crippen LogP contribution in [0.4, 0.5) is 0 Å². The third kappa shape index (κ3) is 5.07. The van der Waals surface area contributed by atoms with Crippen molar-refractivity contribution in [1.82, 2.24) is 4.90 Å². The van der Waals surface area contributed by atoms with Gasteiger partial charge in [-0.25, -0.2) is 0 Å². The predicted molar refractivity (Wildman–Crippen MR) is 77.8 cm³/mol. The Labute approximate surface area is 115 Å². The zero-order chi connectivity index (χ0) is 14.3. The highest BCUT2D eigenvalue weighted by Gasteiger charge is 2.07. The van der Waals surface area contributed by atoms with Crippen molar-refractivity contribution >= 4 is 5.96 Å². The van der Waals surface area contributed by atoms with Crippen LogP contribution in [-0.2, 0) is 0 Å². The molecule has 2 N–H and O–H groups in total. The van der Waals surface area contributed by atoms with Crippen molar-refractivity contribution < 1.29 is 9.47 Å². The van der Waals surface area contributed by atoms with Gasteiger partial charge in [-0.05, 0) is 12.1 Å². The molecule has 0 saturated heterocycles. The standard InChI is InChI=1S/C14H23N3O2/c1-11(9-16-14(15)17(2)3)10-19-13-8-6-5-7-12(13)18-4/h5-8,11H,9-10H2,1-4H3,(H2,15,16). The van der Waals surface area contributed by atoms with Crippen LogP contribution in [0.25, 0.3) is 0 Å². The quantitative estimate of drug-likeness (QED) is 0.627. The van der Waals surface area contributed by atoms with Crippen molar-refractivity contribution in [1.29, 1.82) is 0 Å². The number of aliphatic imine (C=N–C) groups is 1. The van der Waals surface area contributed by atoms with E-state index < -0.39 is 0 Å². The van der Waals surface area contributed by atoms with Gasteiger partial charge in [0.25, 0.3) is 0 Å². The molecular formula is C14H23N3O2. The average molecular weight is 265 g/mol. The van der Waals surface area contributed by atoms with Crippen molar-refractivity contribution in [2.75, 3.05) is 34.4 Å².